The molecule has 6 heteroatoms. The van der Waals surface area contributed by atoms with Gasteiger partial charge in [-0.05, 0) is 24.3 Å². The van der Waals surface area contributed by atoms with Crippen LogP contribution in [-0.2, 0) is 0 Å². The molecule has 0 spiro atoms. The van der Waals surface area contributed by atoms with Crippen LogP contribution in [0.3, 0.4) is 0 Å². The SMILES string of the molecule is N#Cc1ccc(-c2cc(Cl)cc3ncnn23)c(F)c1. The number of nitriles is 1. The number of rotatable bonds is 1. The van der Waals surface area contributed by atoms with Crippen LogP contribution in [0.4, 0.5) is 4.39 Å². The summed E-state index contributed by atoms with van der Waals surface area (Å²) in [7, 11) is 0. The van der Waals surface area contributed by atoms with Gasteiger partial charge in [-0.3, -0.25) is 0 Å². The predicted octanol–water partition coefficient (Wildman–Crippen LogP) is 3.06. The van der Waals surface area contributed by atoms with Gasteiger partial charge in [0.15, 0.2) is 5.65 Å². The fraction of sp³-hybridized carbons (Fsp3) is 0. The molecule has 1 aromatic carbocycles. The molecule has 92 valence electrons. The van der Waals surface area contributed by atoms with Crippen LogP contribution in [0.25, 0.3) is 16.9 Å². The van der Waals surface area contributed by atoms with Gasteiger partial charge < -0.3 is 0 Å². The molecule has 19 heavy (non-hydrogen) atoms. The van der Waals surface area contributed by atoms with Gasteiger partial charge in [-0.15, -0.1) is 0 Å². The Hall–Kier alpha value is -2.45. The van der Waals surface area contributed by atoms with Crippen molar-refractivity contribution in [1.82, 2.24) is 14.6 Å². The zero-order chi connectivity index (χ0) is 13.4. The standard InChI is InChI=1S/C13H6ClFN4/c14-9-4-12(19-13(5-9)17-7-18-19)10-2-1-8(6-16)3-11(10)15/h1-5,7H. The Morgan fingerprint density at radius 3 is 2.84 bits per heavy atom. The lowest BCUT2D eigenvalue weighted by Crippen LogP contribution is -1.96. The summed E-state index contributed by atoms with van der Waals surface area (Å²) < 4.78 is 15.5. The molecule has 0 unspecified atom stereocenters. The number of halogens is 2. The number of nitrogens with zero attached hydrogens (tertiary/aromatic N) is 4. The van der Waals surface area contributed by atoms with Gasteiger partial charge in [0, 0.05) is 16.7 Å². The first-order valence-corrected chi connectivity index (χ1v) is 5.76. The Kier molecular flexibility index (Phi) is 2.65. The van der Waals surface area contributed by atoms with Crippen LogP contribution in [0, 0.1) is 17.1 Å². The van der Waals surface area contributed by atoms with Crippen molar-refractivity contribution in [3.63, 3.8) is 0 Å². The van der Waals surface area contributed by atoms with Crippen LogP contribution in [0.1, 0.15) is 5.56 Å². The van der Waals surface area contributed by atoms with Crippen LogP contribution in [0.15, 0.2) is 36.7 Å². The zero-order valence-electron chi connectivity index (χ0n) is 9.51. The van der Waals surface area contributed by atoms with Crippen LogP contribution < -0.4 is 0 Å². The Balaban J connectivity index is 2.30. The van der Waals surface area contributed by atoms with Crippen molar-refractivity contribution in [3.8, 4) is 17.3 Å². The summed E-state index contributed by atoms with van der Waals surface area (Å²) in [5.41, 5.74) is 1.60. The molecule has 0 bridgehead atoms. The highest BCUT2D eigenvalue weighted by atomic mass is 35.5. The average molecular weight is 273 g/mol. The van der Waals surface area contributed by atoms with Crippen LogP contribution in [0.5, 0.6) is 0 Å². The van der Waals surface area contributed by atoms with Gasteiger partial charge >= 0.3 is 0 Å². The Morgan fingerprint density at radius 1 is 1.26 bits per heavy atom. The van der Waals surface area contributed by atoms with E-state index >= 15 is 0 Å². The minimum absolute atomic E-state index is 0.262. The monoisotopic (exact) mass is 272 g/mol. The maximum atomic E-state index is 14.0. The van der Waals surface area contributed by atoms with Gasteiger partial charge in [-0.1, -0.05) is 11.6 Å². The minimum Gasteiger partial charge on any atom is -0.215 e. The van der Waals surface area contributed by atoms with Crippen molar-refractivity contribution in [2.45, 2.75) is 0 Å². The van der Waals surface area contributed by atoms with E-state index < -0.39 is 5.82 Å². The maximum Gasteiger partial charge on any atom is 0.157 e. The molecule has 3 rings (SSSR count). The van der Waals surface area contributed by atoms with Gasteiger partial charge in [0.05, 0.1) is 17.3 Å². The van der Waals surface area contributed by atoms with Crippen molar-refractivity contribution in [3.05, 3.63) is 53.1 Å². The Bertz CT molecular complexity index is 819. The van der Waals surface area contributed by atoms with Crippen molar-refractivity contribution in [1.29, 1.82) is 5.26 Å². The van der Waals surface area contributed by atoms with E-state index in [2.05, 4.69) is 10.1 Å². The van der Waals surface area contributed by atoms with Crippen molar-refractivity contribution >= 4 is 17.2 Å². The third-order valence-electron chi connectivity index (χ3n) is 2.72. The zero-order valence-corrected chi connectivity index (χ0v) is 10.3. The first-order valence-electron chi connectivity index (χ1n) is 5.38. The summed E-state index contributed by atoms with van der Waals surface area (Å²) in [6, 6.07) is 9.38. The van der Waals surface area contributed by atoms with E-state index in [9.17, 15) is 4.39 Å². The van der Waals surface area contributed by atoms with Crippen LogP contribution in [-0.4, -0.2) is 14.6 Å². The van der Waals surface area contributed by atoms with E-state index in [-0.39, 0.29) is 5.56 Å². The quantitative estimate of drug-likeness (QED) is 0.684. The molecule has 0 saturated carbocycles. The second kappa shape index (κ2) is 4.34. The molecule has 2 heterocycles. The number of aromatic nitrogens is 3. The van der Waals surface area contributed by atoms with E-state index in [1.165, 1.54) is 23.0 Å². The largest absolute Gasteiger partial charge is 0.215 e. The second-order valence-electron chi connectivity index (χ2n) is 3.90. The van der Waals surface area contributed by atoms with Gasteiger partial charge in [0.2, 0.25) is 0 Å². The summed E-state index contributed by atoms with van der Waals surface area (Å²) in [6.07, 6.45) is 1.37. The molecule has 3 aromatic rings. The normalized spacial score (nSPS) is 10.6. The summed E-state index contributed by atoms with van der Waals surface area (Å²) in [6.45, 7) is 0. The Labute approximate surface area is 112 Å². The van der Waals surface area contributed by atoms with Gasteiger partial charge in [-0.2, -0.15) is 10.4 Å². The molecular weight excluding hydrogens is 267 g/mol. The fourth-order valence-electron chi connectivity index (χ4n) is 1.88. The summed E-state index contributed by atoms with van der Waals surface area (Å²) in [5.74, 6) is -0.502. The lowest BCUT2D eigenvalue weighted by molar-refractivity contribution is 0.629. The van der Waals surface area contributed by atoms with E-state index in [0.717, 1.165) is 0 Å². The molecule has 0 amide bonds. The summed E-state index contributed by atoms with van der Waals surface area (Å²) in [5, 5.41) is 13.2. The third-order valence-corrected chi connectivity index (χ3v) is 2.94. The number of pyridine rings is 1. The fourth-order valence-corrected chi connectivity index (χ4v) is 2.08. The van der Waals surface area contributed by atoms with Crippen LogP contribution in [0.2, 0.25) is 5.02 Å². The Morgan fingerprint density at radius 2 is 2.11 bits per heavy atom. The number of hydrogen-bond donors (Lipinski definition) is 0. The minimum atomic E-state index is -0.502. The topological polar surface area (TPSA) is 54.0 Å². The smallest absolute Gasteiger partial charge is 0.157 e. The van der Waals surface area contributed by atoms with Crippen molar-refractivity contribution in [2.75, 3.05) is 0 Å². The molecule has 0 aliphatic heterocycles. The maximum absolute atomic E-state index is 14.0. The summed E-state index contributed by atoms with van der Waals surface area (Å²) >= 11 is 5.99. The number of benzene rings is 1. The number of hydrogen-bond acceptors (Lipinski definition) is 3. The molecule has 0 radical (unpaired) electrons. The average Bonchev–Trinajstić information content (AvgIpc) is 2.85. The molecule has 0 saturated heterocycles. The van der Waals surface area contributed by atoms with Gasteiger partial charge in [0.25, 0.3) is 0 Å². The molecule has 0 N–H and O–H groups in total. The van der Waals surface area contributed by atoms with Gasteiger partial charge in [0.1, 0.15) is 12.1 Å². The molecule has 0 fully saturated rings. The van der Waals surface area contributed by atoms with Crippen molar-refractivity contribution < 1.29 is 4.39 Å². The highest BCUT2D eigenvalue weighted by molar-refractivity contribution is 6.31. The lowest BCUT2D eigenvalue weighted by atomic mass is 10.1. The summed E-state index contributed by atoms with van der Waals surface area (Å²) in [4.78, 5) is 4.02. The molecule has 0 aliphatic carbocycles. The van der Waals surface area contributed by atoms with E-state index in [1.54, 1.807) is 18.2 Å². The van der Waals surface area contributed by atoms with Gasteiger partial charge in [-0.25, -0.2) is 13.9 Å². The molecule has 2 aromatic heterocycles. The highest BCUT2D eigenvalue weighted by Gasteiger charge is 2.12. The second-order valence-corrected chi connectivity index (χ2v) is 4.33. The molecule has 0 aliphatic rings. The van der Waals surface area contributed by atoms with E-state index in [4.69, 9.17) is 16.9 Å². The number of fused-ring (bicyclic) bond motifs is 1. The third kappa shape index (κ3) is 1.92. The predicted molar refractivity (Wildman–Crippen MR) is 68.1 cm³/mol. The van der Waals surface area contributed by atoms with Crippen molar-refractivity contribution in [2.24, 2.45) is 0 Å². The van der Waals surface area contributed by atoms with E-state index in [1.807, 2.05) is 6.07 Å². The molecular formula is C13H6ClFN4. The highest BCUT2D eigenvalue weighted by Crippen LogP contribution is 2.26. The van der Waals surface area contributed by atoms with Crippen LogP contribution >= 0.6 is 11.6 Å². The lowest BCUT2D eigenvalue weighted by Gasteiger charge is -2.06. The molecule has 4 nitrogen and oxygen atoms in total. The van der Waals surface area contributed by atoms with E-state index in [0.29, 0.717) is 21.9 Å². The first-order chi connectivity index (χ1) is 9.19. The molecule has 0 atom stereocenters. The first kappa shape index (κ1) is 11.6.